The Morgan fingerprint density at radius 3 is 2.57 bits per heavy atom. The molecule has 0 aliphatic carbocycles. The van der Waals surface area contributed by atoms with E-state index in [1.165, 1.54) is 13.3 Å². The van der Waals surface area contributed by atoms with Crippen LogP contribution in [0.1, 0.15) is 31.0 Å². The highest BCUT2D eigenvalue weighted by Crippen LogP contribution is 2.28. The summed E-state index contributed by atoms with van der Waals surface area (Å²) in [6.45, 7) is 4.86. The molecular weight excluding hydrogens is 450 g/mol. The summed E-state index contributed by atoms with van der Waals surface area (Å²) in [4.78, 5) is 35.8. The fourth-order valence-corrected chi connectivity index (χ4v) is 4.39. The van der Waals surface area contributed by atoms with Crippen LogP contribution in [0.25, 0.3) is 5.78 Å². The molecule has 0 saturated carbocycles. The van der Waals surface area contributed by atoms with Gasteiger partial charge in [-0.3, -0.25) is 9.59 Å². The van der Waals surface area contributed by atoms with Gasteiger partial charge in [-0.05, 0) is 37.5 Å². The Morgan fingerprint density at radius 2 is 1.89 bits per heavy atom. The number of nitrogens with zero attached hydrogens (tertiary/aromatic N) is 5. The number of anilines is 1. The molecule has 0 spiro atoms. The predicted octanol–water partition coefficient (Wildman–Crippen LogP) is 1.28. The summed E-state index contributed by atoms with van der Waals surface area (Å²) in [5, 5.41) is 10.2. The van der Waals surface area contributed by atoms with Gasteiger partial charge < -0.3 is 25.0 Å². The molecule has 1 aliphatic rings. The van der Waals surface area contributed by atoms with Crippen molar-refractivity contribution in [3.8, 4) is 11.5 Å². The van der Waals surface area contributed by atoms with Gasteiger partial charge in [0, 0.05) is 44.2 Å². The fourth-order valence-electron chi connectivity index (χ4n) is 4.39. The largest absolute Gasteiger partial charge is 0.493 e. The molecule has 3 aromatic rings. The Bertz CT molecular complexity index is 1200. The van der Waals surface area contributed by atoms with Crippen molar-refractivity contribution in [1.29, 1.82) is 0 Å². The number of fused-ring (bicyclic) bond motifs is 1. The van der Waals surface area contributed by atoms with Crippen molar-refractivity contribution >= 4 is 23.4 Å². The second-order valence-electron chi connectivity index (χ2n) is 8.64. The molecule has 2 amide bonds. The maximum Gasteiger partial charge on any atom is 0.254 e. The van der Waals surface area contributed by atoms with Crippen molar-refractivity contribution in [2.75, 3.05) is 32.2 Å². The minimum absolute atomic E-state index is 0.00887. The molecule has 2 N–H and O–H groups in total. The Kier molecular flexibility index (Phi) is 7.33. The zero-order valence-electron chi connectivity index (χ0n) is 20.4. The number of methoxy groups -OCH3 is 2. The van der Waals surface area contributed by atoms with Crippen LogP contribution in [-0.2, 0) is 16.0 Å². The van der Waals surface area contributed by atoms with E-state index in [1.807, 2.05) is 25.1 Å². The molecule has 1 fully saturated rings. The first-order valence-corrected chi connectivity index (χ1v) is 11.6. The van der Waals surface area contributed by atoms with E-state index in [-0.39, 0.29) is 17.9 Å². The number of amides is 2. The Morgan fingerprint density at radius 1 is 1.14 bits per heavy atom. The van der Waals surface area contributed by atoms with Crippen molar-refractivity contribution < 1.29 is 19.1 Å². The van der Waals surface area contributed by atoms with Crippen LogP contribution >= 0.6 is 0 Å². The zero-order chi connectivity index (χ0) is 24.9. The molecule has 1 atom stereocenters. The van der Waals surface area contributed by atoms with Crippen molar-refractivity contribution in [1.82, 2.24) is 30.2 Å². The molecule has 3 heterocycles. The number of carbonyl (C=O) groups is 2. The highest BCUT2D eigenvalue weighted by Gasteiger charge is 2.27. The normalized spacial score (nSPS) is 15.0. The second-order valence-corrected chi connectivity index (χ2v) is 8.64. The van der Waals surface area contributed by atoms with E-state index in [2.05, 4.69) is 30.6 Å². The zero-order valence-corrected chi connectivity index (χ0v) is 20.4. The lowest BCUT2D eigenvalue weighted by molar-refractivity contribution is -0.128. The lowest BCUT2D eigenvalue weighted by Gasteiger charge is -2.34. The molecule has 4 rings (SSSR count). The van der Waals surface area contributed by atoms with E-state index in [0.717, 1.165) is 43.0 Å². The van der Waals surface area contributed by atoms with Crippen molar-refractivity contribution in [2.45, 2.75) is 45.2 Å². The van der Waals surface area contributed by atoms with Gasteiger partial charge >= 0.3 is 0 Å². The van der Waals surface area contributed by atoms with Crippen LogP contribution in [0.15, 0.2) is 30.6 Å². The maximum absolute atomic E-state index is 13.1. The summed E-state index contributed by atoms with van der Waals surface area (Å²) in [6, 6.07) is 6.79. The Labute approximate surface area is 203 Å². The molecular formula is C24H31N7O4. The van der Waals surface area contributed by atoms with Gasteiger partial charge in [0.2, 0.25) is 11.8 Å². The summed E-state index contributed by atoms with van der Waals surface area (Å²) in [6.07, 6.45) is 3.38. The summed E-state index contributed by atoms with van der Waals surface area (Å²) >= 11 is 0. The number of hydrogen-bond donors (Lipinski definition) is 2. The number of benzene rings is 1. The number of ether oxygens (including phenoxy) is 2. The molecule has 1 unspecified atom stereocenters. The van der Waals surface area contributed by atoms with Crippen LogP contribution in [0, 0.1) is 6.92 Å². The SMILES string of the molecule is COc1ccc(CC(NC(C)=O)C(=O)NC2CCN(c3cc(C)nc4ncnn34)CC2)cc1OC. The van der Waals surface area contributed by atoms with Gasteiger partial charge in [-0.15, -0.1) is 0 Å². The van der Waals surface area contributed by atoms with Crippen LogP contribution in [0.3, 0.4) is 0 Å². The molecule has 35 heavy (non-hydrogen) atoms. The number of carbonyl (C=O) groups excluding carboxylic acids is 2. The number of rotatable bonds is 8. The van der Waals surface area contributed by atoms with Gasteiger partial charge in [-0.25, -0.2) is 4.98 Å². The summed E-state index contributed by atoms with van der Waals surface area (Å²) in [5.74, 6) is 2.24. The highest BCUT2D eigenvalue weighted by molar-refractivity contribution is 5.87. The molecule has 2 aromatic heterocycles. The molecule has 1 aromatic carbocycles. The van der Waals surface area contributed by atoms with E-state index in [9.17, 15) is 9.59 Å². The summed E-state index contributed by atoms with van der Waals surface area (Å²) < 4.78 is 12.4. The van der Waals surface area contributed by atoms with E-state index in [0.29, 0.717) is 23.7 Å². The molecule has 0 radical (unpaired) electrons. The van der Waals surface area contributed by atoms with Crippen molar-refractivity contribution in [3.63, 3.8) is 0 Å². The summed E-state index contributed by atoms with van der Waals surface area (Å²) in [7, 11) is 3.13. The van der Waals surface area contributed by atoms with Crippen LogP contribution in [-0.4, -0.2) is 70.8 Å². The van der Waals surface area contributed by atoms with Crippen molar-refractivity contribution in [2.24, 2.45) is 0 Å². The predicted molar refractivity (Wildman–Crippen MR) is 130 cm³/mol. The number of nitrogens with one attached hydrogen (secondary N) is 2. The van der Waals surface area contributed by atoms with Gasteiger partial charge in [0.1, 0.15) is 18.2 Å². The van der Waals surface area contributed by atoms with Crippen LogP contribution < -0.4 is 25.0 Å². The van der Waals surface area contributed by atoms with Gasteiger partial charge in [0.25, 0.3) is 5.78 Å². The van der Waals surface area contributed by atoms with E-state index >= 15 is 0 Å². The first kappa shape index (κ1) is 24.2. The van der Waals surface area contributed by atoms with E-state index in [1.54, 1.807) is 24.8 Å². The fraction of sp³-hybridized carbons (Fsp3) is 0.458. The third-order valence-corrected chi connectivity index (χ3v) is 6.11. The average Bonchev–Trinajstić information content (AvgIpc) is 3.31. The lowest BCUT2D eigenvalue weighted by Crippen LogP contribution is -2.52. The molecule has 11 heteroatoms. The molecule has 0 bridgehead atoms. The number of aromatic nitrogens is 4. The van der Waals surface area contributed by atoms with Gasteiger partial charge in [0.05, 0.1) is 14.2 Å². The monoisotopic (exact) mass is 481 g/mol. The second kappa shape index (κ2) is 10.6. The highest BCUT2D eigenvalue weighted by atomic mass is 16.5. The molecule has 186 valence electrons. The smallest absolute Gasteiger partial charge is 0.254 e. The van der Waals surface area contributed by atoms with Crippen LogP contribution in [0.2, 0.25) is 0 Å². The van der Waals surface area contributed by atoms with Gasteiger partial charge in [-0.1, -0.05) is 6.07 Å². The van der Waals surface area contributed by atoms with Gasteiger partial charge in [-0.2, -0.15) is 14.6 Å². The third kappa shape index (κ3) is 5.61. The van der Waals surface area contributed by atoms with E-state index < -0.39 is 6.04 Å². The Hall–Kier alpha value is -3.89. The van der Waals surface area contributed by atoms with Crippen LogP contribution in [0.5, 0.6) is 11.5 Å². The first-order valence-electron chi connectivity index (χ1n) is 11.6. The van der Waals surface area contributed by atoms with Crippen LogP contribution in [0.4, 0.5) is 5.82 Å². The summed E-state index contributed by atoms with van der Waals surface area (Å²) in [5.41, 5.74) is 1.74. The lowest BCUT2D eigenvalue weighted by atomic mass is 10.0. The average molecular weight is 482 g/mol. The topological polar surface area (TPSA) is 123 Å². The standard InChI is InChI=1S/C24H31N7O4/c1-15-11-22(31-24(27-15)25-14-26-31)30-9-7-18(8-10-30)29-23(33)19(28-16(2)32)12-17-5-6-20(34-3)21(13-17)35-4/h5-6,11,13-14,18-19H,7-10,12H2,1-4H3,(H,28,32)(H,29,33). The molecule has 1 aliphatic heterocycles. The van der Waals surface area contributed by atoms with Gasteiger partial charge in [0.15, 0.2) is 11.5 Å². The molecule has 11 nitrogen and oxygen atoms in total. The number of aryl methyl sites for hydroxylation is 1. The number of hydrogen-bond acceptors (Lipinski definition) is 8. The maximum atomic E-state index is 13.1. The van der Waals surface area contributed by atoms with Crippen molar-refractivity contribution in [3.05, 3.63) is 41.9 Å². The minimum Gasteiger partial charge on any atom is -0.493 e. The quantitative estimate of drug-likeness (QED) is 0.493. The third-order valence-electron chi connectivity index (χ3n) is 6.11. The Balaban J connectivity index is 1.40. The first-order chi connectivity index (χ1) is 16.9. The molecule has 1 saturated heterocycles. The number of piperidine rings is 1. The van der Waals surface area contributed by atoms with E-state index in [4.69, 9.17) is 9.47 Å². The minimum atomic E-state index is -0.693.